The summed E-state index contributed by atoms with van der Waals surface area (Å²) in [5.74, 6) is -2.72. The molecule has 0 aliphatic heterocycles. The first-order valence-electron chi connectivity index (χ1n) is 4.12. The predicted octanol–water partition coefficient (Wildman–Crippen LogP) is 1.97. The number of aromatic nitrogens is 2. The van der Waals surface area contributed by atoms with E-state index in [2.05, 4.69) is 9.97 Å². The summed E-state index contributed by atoms with van der Waals surface area (Å²) in [4.78, 5) is 18.5. The molecule has 0 fully saturated rings. The second-order valence-electron chi connectivity index (χ2n) is 2.88. The molecule has 1 N–H and O–H groups in total. The lowest BCUT2D eigenvalue weighted by molar-refractivity contribution is -0.120. The summed E-state index contributed by atoms with van der Waals surface area (Å²) in [7, 11) is 0. The highest BCUT2D eigenvalue weighted by Crippen LogP contribution is 2.23. The zero-order valence-corrected chi connectivity index (χ0v) is 8.12. The Labute approximate surface area is 88.5 Å². The summed E-state index contributed by atoms with van der Waals surface area (Å²) < 4.78 is 35.7. The molecule has 7 heteroatoms. The number of aliphatic hydroxyl groups excluding tert-OH is 1. The number of carbonyl (C=O) groups excluding carboxylic acids is 1. The molecule has 1 rings (SSSR count). The Hall–Kier alpha value is -1.92. The molecule has 0 atom stereocenters. The quantitative estimate of drug-likeness (QED) is 0.481. The van der Waals surface area contributed by atoms with Gasteiger partial charge in [-0.1, -0.05) is 0 Å². The van der Waals surface area contributed by atoms with Crippen LogP contribution in [0.25, 0.3) is 0 Å². The van der Waals surface area contributed by atoms with Gasteiger partial charge in [0.25, 0.3) is 0 Å². The molecule has 0 aliphatic carbocycles. The minimum absolute atomic E-state index is 0.0851. The Bertz CT molecular complexity index is 441. The van der Waals surface area contributed by atoms with Gasteiger partial charge in [0.2, 0.25) is 11.5 Å². The monoisotopic (exact) mass is 232 g/mol. The van der Waals surface area contributed by atoms with E-state index in [1.165, 1.54) is 13.1 Å². The average Bonchev–Trinajstić information content (AvgIpc) is 2.16. The highest BCUT2D eigenvalue weighted by Gasteiger charge is 2.34. The van der Waals surface area contributed by atoms with E-state index < -0.39 is 17.7 Å². The molecule has 1 aromatic rings. The number of alkyl halides is 3. The molecule has 0 aromatic carbocycles. The lowest BCUT2D eigenvalue weighted by Crippen LogP contribution is -2.13. The maximum Gasteiger partial charge on any atom is 0.448 e. The number of carbonyl (C=O) groups is 1. The highest BCUT2D eigenvalue weighted by atomic mass is 19.4. The Balaban J connectivity index is 2.97. The number of allylic oxidation sites excluding steroid dienone is 2. The predicted molar refractivity (Wildman–Crippen MR) is 47.9 cm³/mol. The third-order valence-corrected chi connectivity index (χ3v) is 1.59. The molecule has 0 radical (unpaired) electrons. The average molecular weight is 232 g/mol. The summed E-state index contributed by atoms with van der Waals surface area (Å²) in [6.07, 6.45) is -3.60. The van der Waals surface area contributed by atoms with Crippen LogP contribution in [0.15, 0.2) is 24.1 Å². The SMILES string of the molecule is Cc1nccc(C(=O)/C=C(\O)C(F)(F)F)n1. The van der Waals surface area contributed by atoms with Crippen LogP contribution in [0.4, 0.5) is 13.2 Å². The topological polar surface area (TPSA) is 63.1 Å². The van der Waals surface area contributed by atoms with Gasteiger partial charge in [0.05, 0.1) is 0 Å². The minimum atomic E-state index is -4.93. The van der Waals surface area contributed by atoms with Gasteiger partial charge in [-0.05, 0) is 13.0 Å². The van der Waals surface area contributed by atoms with Crippen LogP contribution in [-0.4, -0.2) is 27.0 Å². The molecular weight excluding hydrogens is 225 g/mol. The number of ketones is 1. The van der Waals surface area contributed by atoms with E-state index in [1.54, 1.807) is 0 Å². The molecule has 0 spiro atoms. The molecule has 1 aromatic heterocycles. The molecule has 16 heavy (non-hydrogen) atoms. The van der Waals surface area contributed by atoms with Gasteiger partial charge >= 0.3 is 6.18 Å². The largest absolute Gasteiger partial charge is 0.504 e. The molecule has 0 saturated carbocycles. The highest BCUT2D eigenvalue weighted by molar-refractivity contribution is 6.03. The Morgan fingerprint density at radius 2 is 2.12 bits per heavy atom. The number of aryl methyl sites for hydroxylation is 1. The molecule has 4 nitrogen and oxygen atoms in total. The van der Waals surface area contributed by atoms with Crippen LogP contribution in [0.2, 0.25) is 0 Å². The van der Waals surface area contributed by atoms with Crippen molar-refractivity contribution < 1.29 is 23.1 Å². The maximum absolute atomic E-state index is 11.9. The van der Waals surface area contributed by atoms with Gasteiger partial charge in [-0.25, -0.2) is 9.97 Å². The van der Waals surface area contributed by atoms with Gasteiger partial charge in [-0.15, -0.1) is 0 Å². The van der Waals surface area contributed by atoms with Crippen LogP contribution in [0.3, 0.4) is 0 Å². The lowest BCUT2D eigenvalue weighted by Gasteiger charge is -2.03. The Morgan fingerprint density at radius 3 is 2.62 bits per heavy atom. The van der Waals surface area contributed by atoms with Crippen LogP contribution < -0.4 is 0 Å². The molecule has 0 unspecified atom stereocenters. The van der Waals surface area contributed by atoms with E-state index in [4.69, 9.17) is 5.11 Å². The molecule has 0 bridgehead atoms. The summed E-state index contributed by atoms with van der Waals surface area (Å²) in [5, 5.41) is 8.56. The van der Waals surface area contributed by atoms with Gasteiger partial charge in [0.15, 0.2) is 0 Å². The van der Waals surface area contributed by atoms with Gasteiger partial charge in [-0.2, -0.15) is 13.2 Å². The first-order chi connectivity index (χ1) is 7.30. The number of hydrogen-bond donors (Lipinski definition) is 1. The second kappa shape index (κ2) is 4.30. The summed E-state index contributed by atoms with van der Waals surface area (Å²) in [6, 6.07) is 1.16. The van der Waals surface area contributed by atoms with Crippen LogP contribution >= 0.6 is 0 Å². The van der Waals surface area contributed by atoms with Crippen LogP contribution in [0.1, 0.15) is 16.3 Å². The van der Waals surface area contributed by atoms with Crippen molar-refractivity contribution in [2.75, 3.05) is 0 Å². The van der Waals surface area contributed by atoms with E-state index in [0.29, 0.717) is 0 Å². The van der Waals surface area contributed by atoms with Crippen molar-refractivity contribution in [3.05, 3.63) is 35.6 Å². The van der Waals surface area contributed by atoms with Crippen LogP contribution in [0.5, 0.6) is 0 Å². The molecule has 0 amide bonds. The van der Waals surface area contributed by atoms with E-state index in [1.807, 2.05) is 0 Å². The summed E-state index contributed by atoms with van der Waals surface area (Å²) in [5.41, 5.74) is -0.205. The minimum Gasteiger partial charge on any atom is -0.504 e. The van der Waals surface area contributed by atoms with Crippen molar-refractivity contribution in [2.24, 2.45) is 0 Å². The summed E-state index contributed by atoms with van der Waals surface area (Å²) in [6.45, 7) is 1.49. The molecule has 0 aliphatic rings. The van der Waals surface area contributed by atoms with Crippen LogP contribution in [-0.2, 0) is 0 Å². The van der Waals surface area contributed by atoms with E-state index in [9.17, 15) is 18.0 Å². The number of aliphatic hydroxyl groups is 1. The van der Waals surface area contributed by atoms with Gasteiger partial charge in [0.1, 0.15) is 11.5 Å². The normalized spacial score (nSPS) is 12.6. The lowest BCUT2D eigenvalue weighted by atomic mass is 10.2. The van der Waals surface area contributed by atoms with Crippen molar-refractivity contribution in [1.82, 2.24) is 9.97 Å². The standard InChI is InChI=1S/C9H7F3N2O2/c1-5-13-3-2-6(14-5)7(15)4-8(16)9(10,11)12/h2-4,16H,1H3/b8-4-. The fourth-order valence-corrected chi connectivity index (χ4v) is 0.873. The maximum atomic E-state index is 11.9. The molecular formula is C9H7F3N2O2. The second-order valence-corrected chi connectivity index (χ2v) is 2.88. The van der Waals surface area contributed by atoms with Gasteiger partial charge < -0.3 is 5.11 Å². The fourth-order valence-electron chi connectivity index (χ4n) is 0.873. The van der Waals surface area contributed by atoms with E-state index >= 15 is 0 Å². The zero-order valence-electron chi connectivity index (χ0n) is 8.12. The molecule has 1 heterocycles. The number of hydrogen-bond acceptors (Lipinski definition) is 4. The van der Waals surface area contributed by atoms with E-state index in [-0.39, 0.29) is 17.6 Å². The van der Waals surface area contributed by atoms with Gasteiger partial charge in [-0.3, -0.25) is 4.79 Å². The Morgan fingerprint density at radius 1 is 1.50 bits per heavy atom. The fraction of sp³-hybridized carbons (Fsp3) is 0.222. The zero-order chi connectivity index (χ0) is 12.3. The number of nitrogens with zero attached hydrogens (tertiary/aromatic N) is 2. The molecule has 0 saturated heterocycles. The first-order valence-corrected chi connectivity index (χ1v) is 4.12. The van der Waals surface area contributed by atoms with Crippen molar-refractivity contribution in [3.63, 3.8) is 0 Å². The van der Waals surface area contributed by atoms with Crippen molar-refractivity contribution in [3.8, 4) is 0 Å². The van der Waals surface area contributed by atoms with Crippen molar-refractivity contribution >= 4 is 5.78 Å². The first kappa shape index (κ1) is 12.2. The number of rotatable bonds is 2. The van der Waals surface area contributed by atoms with Crippen molar-refractivity contribution in [1.29, 1.82) is 0 Å². The van der Waals surface area contributed by atoms with Crippen molar-refractivity contribution in [2.45, 2.75) is 13.1 Å². The number of halogens is 3. The summed E-state index contributed by atoms with van der Waals surface area (Å²) >= 11 is 0. The van der Waals surface area contributed by atoms with Gasteiger partial charge in [0, 0.05) is 12.3 Å². The third-order valence-electron chi connectivity index (χ3n) is 1.59. The molecule has 86 valence electrons. The van der Waals surface area contributed by atoms with Crippen LogP contribution in [0, 0.1) is 6.92 Å². The third kappa shape index (κ3) is 3.04. The Kier molecular flexibility index (Phi) is 3.26. The smallest absolute Gasteiger partial charge is 0.448 e. The van der Waals surface area contributed by atoms with E-state index in [0.717, 1.165) is 6.07 Å².